The molecule has 2 aromatic heterocycles. The van der Waals surface area contributed by atoms with Crippen molar-refractivity contribution in [2.75, 3.05) is 23.3 Å². The number of halogens is 3. The number of aryl methyl sites for hydroxylation is 1. The molecule has 0 amide bonds. The summed E-state index contributed by atoms with van der Waals surface area (Å²) in [6.45, 7) is 3.04. The highest BCUT2D eigenvalue weighted by molar-refractivity contribution is 6.32. The summed E-state index contributed by atoms with van der Waals surface area (Å²) in [5.41, 5.74) is 0.937. The van der Waals surface area contributed by atoms with Crippen LogP contribution in [0.4, 0.5) is 20.5 Å². The molecule has 1 aliphatic carbocycles. The summed E-state index contributed by atoms with van der Waals surface area (Å²) in [6, 6.07) is 8.96. The van der Waals surface area contributed by atoms with Gasteiger partial charge in [0, 0.05) is 30.9 Å². The van der Waals surface area contributed by atoms with Gasteiger partial charge in [0.1, 0.15) is 24.4 Å². The van der Waals surface area contributed by atoms with E-state index in [0.29, 0.717) is 22.6 Å². The maximum absolute atomic E-state index is 13.1. The molecule has 0 unspecified atom stereocenters. The summed E-state index contributed by atoms with van der Waals surface area (Å²) in [4.78, 5) is 15.3. The maximum Gasteiger partial charge on any atom is 0.322 e. The van der Waals surface area contributed by atoms with Gasteiger partial charge >= 0.3 is 6.01 Å². The molecule has 3 heterocycles. The number of alkyl halides is 2. The molecule has 8 nitrogen and oxygen atoms in total. The van der Waals surface area contributed by atoms with Gasteiger partial charge in [-0.2, -0.15) is 4.98 Å². The second kappa shape index (κ2) is 9.09. The third-order valence-corrected chi connectivity index (χ3v) is 6.54. The number of ether oxygens (including phenoxy) is 1. The van der Waals surface area contributed by atoms with Crippen molar-refractivity contribution in [2.24, 2.45) is 11.8 Å². The number of nitrogens with zero attached hydrogens (tertiary/aromatic N) is 6. The molecule has 1 N–H and O–H groups in total. The van der Waals surface area contributed by atoms with E-state index in [9.17, 15) is 8.78 Å². The zero-order valence-corrected chi connectivity index (χ0v) is 18.8. The van der Waals surface area contributed by atoms with Crippen LogP contribution in [-0.2, 0) is 6.54 Å². The minimum Gasteiger partial charge on any atom is -0.423 e. The van der Waals surface area contributed by atoms with Gasteiger partial charge in [0.05, 0.1) is 5.02 Å². The Morgan fingerprint density at radius 3 is 2.64 bits per heavy atom. The Kier molecular flexibility index (Phi) is 6.01. The fourth-order valence-corrected chi connectivity index (χ4v) is 4.92. The van der Waals surface area contributed by atoms with E-state index in [1.807, 2.05) is 13.0 Å². The van der Waals surface area contributed by atoms with Crippen molar-refractivity contribution in [3.63, 3.8) is 0 Å². The van der Waals surface area contributed by atoms with Crippen LogP contribution >= 0.6 is 11.6 Å². The summed E-state index contributed by atoms with van der Waals surface area (Å²) < 4.78 is 33.1. The van der Waals surface area contributed by atoms with E-state index in [0.717, 1.165) is 42.1 Å². The molecule has 2 bridgehead atoms. The molecule has 3 atom stereocenters. The van der Waals surface area contributed by atoms with E-state index < -0.39 is 13.0 Å². The van der Waals surface area contributed by atoms with Crippen LogP contribution in [0, 0.1) is 18.8 Å². The van der Waals surface area contributed by atoms with Crippen LogP contribution in [-0.4, -0.2) is 50.3 Å². The number of piperidine rings is 1. The van der Waals surface area contributed by atoms with Crippen LogP contribution in [0.5, 0.6) is 11.8 Å². The number of hydrogen-bond acceptors (Lipinski definition) is 7. The molecule has 5 rings (SSSR count). The first-order chi connectivity index (χ1) is 16.0. The van der Waals surface area contributed by atoms with Gasteiger partial charge in [-0.1, -0.05) is 23.7 Å². The average Bonchev–Trinajstić information content (AvgIpc) is 3.24. The van der Waals surface area contributed by atoms with E-state index >= 15 is 0 Å². The predicted octanol–water partition coefficient (Wildman–Crippen LogP) is 4.41. The molecule has 11 heteroatoms. The first-order valence-corrected chi connectivity index (χ1v) is 11.3. The quantitative estimate of drug-likeness (QED) is 0.542. The lowest BCUT2D eigenvalue weighted by atomic mass is 9.92. The first-order valence-electron chi connectivity index (χ1n) is 10.9. The minimum atomic E-state index is -2.59. The van der Waals surface area contributed by atoms with E-state index in [4.69, 9.17) is 16.3 Å². The number of anilines is 2. The normalized spacial score (nSPS) is 22.1. The molecule has 1 aliphatic heterocycles. The second-order valence-electron chi connectivity index (χ2n) is 8.51. The summed E-state index contributed by atoms with van der Waals surface area (Å²) in [6.07, 6.45) is 1.15. The summed E-state index contributed by atoms with van der Waals surface area (Å²) in [7, 11) is 0. The molecule has 3 aromatic rings. The van der Waals surface area contributed by atoms with Crippen LogP contribution in [0.2, 0.25) is 5.02 Å². The lowest BCUT2D eigenvalue weighted by Gasteiger charge is -2.38. The monoisotopic (exact) mass is 475 g/mol. The zero-order chi connectivity index (χ0) is 22.9. The Morgan fingerprint density at radius 1 is 1.18 bits per heavy atom. The second-order valence-corrected chi connectivity index (χ2v) is 8.92. The van der Waals surface area contributed by atoms with Gasteiger partial charge in [0.25, 0.3) is 6.43 Å². The lowest BCUT2D eigenvalue weighted by molar-refractivity contribution is 0.118. The lowest BCUT2D eigenvalue weighted by Crippen LogP contribution is -2.48. The van der Waals surface area contributed by atoms with Crippen LogP contribution < -0.4 is 15.0 Å². The number of hydrogen-bond donors (Lipinski definition) is 1. The minimum absolute atomic E-state index is 0.0212. The molecule has 1 saturated heterocycles. The van der Waals surface area contributed by atoms with Gasteiger partial charge in [-0.05, 0) is 43.7 Å². The van der Waals surface area contributed by atoms with E-state index in [1.165, 1.54) is 0 Å². The number of para-hydroxylation sites is 1. The Bertz CT molecular complexity index is 1110. The molecule has 0 spiro atoms. The van der Waals surface area contributed by atoms with Gasteiger partial charge in [-0.25, -0.2) is 23.4 Å². The zero-order valence-electron chi connectivity index (χ0n) is 18.0. The highest BCUT2D eigenvalue weighted by atomic mass is 35.5. The molecular formula is C22H24ClF2N7O. The molecule has 1 saturated carbocycles. The van der Waals surface area contributed by atoms with Crippen molar-refractivity contribution in [1.29, 1.82) is 0 Å². The fraction of sp³-hybridized carbons (Fsp3) is 0.455. The number of benzene rings is 1. The van der Waals surface area contributed by atoms with Gasteiger partial charge in [-0.3, -0.25) is 0 Å². The molecule has 2 fully saturated rings. The maximum atomic E-state index is 13.1. The fourth-order valence-electron chi connectivity index (χ4n) is 4.75. The highest BCUT2D eigenvalue weighted by Gasteiger charge is 2.43. The van der Waals surface area contributed by atoms with Crippen molar-refractivity contribution in [2.45, 2.75) is 38.8 Å². The number of fused-ring (bicyclic) bond motifs is 2. The Morgan fingerprint density at radius 2 is 1.94 bits per heavy atom. The van der Waals surface area contributed by atoms with Crippen LogP contribution in [0.1, 0.15) is 18.5 Å². The Labute approximate surface area is 195 Å². The van der Waals surface area contributed by atoms with Crippen molar-refractivity contribution >= 4 is 23.4 Å². The van der Waals surface area contributed by atoms with Gasteiger partial charge in [0.2, 0.25) is 5.95 Å². The summed E-state index contributed by atoms with van der Waals surface area (Å²) in [5.74, 6) is 2.30. The molecule has 174 valence electrons. The predicted molar refractivity (Wildman–Crippen MR) is 120 cm³/mol. The molecule has 2 aliphatic rings. The molecular weight excluding hydrogens is 452 g/mol. The van der Waals surface area contributed by atoms with Crippen LogP contribution in [0.3, 0.4) is 0 Å². The van der Waals surface area contributed by atoms with E-state index in [1.54, 1.807) is 30.6 Å². The van der Waals surface area contributed by atoms with Crippen molar-refractivity contribution in [1.82, 2.24) is 24.7 Å². The molecule has 33 heavy (non-hydrogen) atoms. The standard InChI is InChI=1S/C22H24ClF2N7O/c1-13-8-19(27-12-26-13)31-9-14-6-7-15(10-31)20(14)28-21-29-22(32(30-21)11-18(24)25)33-17-5-3-2-4-16(17)23/h2-5,8,12,14-15,18,20H,6-7,9-11H2,1H3,(H,28,30)/t14-,15+,20-. The third kappa shape index (κ3) is 4.71. The molecule has 1 aromatic carbocycles. The third-order valence-electron chi connectivity index (χ3n) is 6.23. The topological polar surface area (TPSA) is 81.0 Å². The van der Waals surface area contributed by atoms with Crippen LogP contribution in [0.25, 0.3) is 0 Å². The van der Waals surface area contributed by atoms with Crippen molar-refractivity contribution < 1.29 is 13.5 Å². The largest absolute Gasteiger partial charge is 0.423 e. The van der Waals surface area contributed by atoms with E-state index in [-0.39, 0.29) is 18.0 Å². The number of aromatic nitrogens is 5. The van der Waals surface area contributed by atoms with Crippen LogP contribution in [0.15, 0.2) is 36.7 Å². The Balaban J connectivity index is 1.33. The first kappa shape index (κ1) is 21.8. The van der Waals surface area contributed by atoms with Gasteiger partial charge in [-0.15, -0.1) is 5.10 Å². The summed E-state index contributed by atoms with van der Waals surface area (Å²) in [5, 5.41) is 8.03. The summed E-state index contributed by atoms with van der Waals surface area (Å²) >= 11 is 6.16. The van der Waals surface area contributed by atoms with Crippen molar-refractivity contribution in [3.8, 4) is 11.8 Å². The Hall–Kier alpha value is -3.01. The van der Waals surface area contributed by atoms with E-state index in [2.05, 4.69) is 30.3 Å². The van der Waals surface area contributed by atoms with Gasteiger partial charge in [0.15, 0.2) is 0 Å². The smallest absolute Gasteiger partial charge is 0.322 e. The van der Waals surface area contributed by atoms with Crippen molar-refractivity contribution in [3.05, 3.63) is 47.4 Å². The molecule has 0 radical (unpaired) electrons. The highest BCUT2D eigenvalue weighted by Crippen LogP contribution is 2.40. The average molecular weight is 476 g/mol. The van der Waals surface area contributed by atoms with Gasteiger partial charge < -0.3 is 15.0 Å². The number of nitrogens with one attached hydrogen (secondary N) is 1. The SMILES string of the molecule is Cc1cc(N2C[C@H]3CC[C@@H](C2)[C@@H]3Nc2nc(Oc3ccccc3Cl)n(CC(F)F)n2)ncn1. The number of rotatable bonds is 7.